The van der Waals surface area contributed by atoms with Crippen molar-refractivity contribution in [1.82, 2.24) is 4.90 Å². The lowest BCUT2D eigenvalue weighted by atomic mass is 10.2. The van der Waals surface area contributed by atoms with Gasteiger partial charge in [-0.2, -0.15) is 0 Å². The largest absolute Gasteiger partial charge is 0.399 e. The van der Waals surface area contributed by atoms with Crippen LogP contribution < -0.4 is 5.73 Å². The van der Waals surface area contributed by atoms with Gasteiger partial charge in [-0.3, -0.25) is 4.79 Å². The average molecular weight is 351 g/mol. The third-order valence-corrected chi connectivity index (χ3v) is 4.21. The van der Waals surface area contributed by atoms with Gasteiger partial charge in [-0.1, -0.05) is 33.8 Å². The summed E-state index contributed by atoms with van der Waals surface area (Å²) in [4.78, 5) is 15.7. The number of hydrogen-bond donors (Lipinski definition) is 1. The second-order valence-electron chi connectivity index (χ2n) is 4.51. The highest BCUT2D eigenvalue weighted by Crippen LogP contribution is 2.33. The second kappa shape index (κ2) is 6.33. The molecule has 0 aliphatic rings. The van der Waals surface area contributed by atoms with Crippen molar-refractivity contribution in [2.45, 2.75) is 9.79 Å². The predicted octanol–water partition coefficient (Wildman–Crippen LogP) is 3.88. The quantitative estimate of drug-likeness (QED) is 0.854. The monoisotopic (exact) mass is 350 g/mol. The molecule has 5 heteroatoms. The summed E-state index contributed by atoms with van der Waals surface area (Å²) in [5.41, 5.74) is 7.15. The van der Waals surface area contributed by atoms with Gasteiger partial charge in [-0.05, 0) is 36.4 Å². The summed E-state index contributed by atoms with van der Waals surface area (Å²) >= 11 is 4.98. The van der Waals surface area contributed by atoms with E-state index in [2.05, 4.69) is 15.9 Å². The normalized spacial score (nSPS) is 10.3. The van der Waals surface area contributed by atoms with Crippen molar-refractivity contribution in [3.8, 4) is 0 Å². The zero-order valence-electron chi connectivity index (χ0n) is 11.3. The molecule has 0 aromatic heterocycles. The summed E-state index contributed by atoms with van der Waals surface area (Å²) in [7, 11) is 3.48. The molecule has 0 saturated carbocycles. The fourth-order valence-electron chi connectivity index (χ4n) is 1.70. The van der Waals surface area contributed by atoms with Crippen molar-refractivity contribution < 1.29 is 4.79 Å². The first-order valence-electron chi connectivity index (χ1n) is 6.02. The highest BCUT2D eigenvalue weighted by Gasteiger charge is 2.14. The van der Waals surface area contributed by atoms with Gasteiger partial charge in [0.2, 0.25) is 0 Å². The zero-order valence-corrected chi connectivity index (χ0v) is 13.7. The number of nitrogens with zero attached hydrogens (tertiary/aromatic N) is 1. The first-order chi connectivity index (χ1) is 9.47. The molecule has 3 nitrogen and oxygen atoms in total. The first kappa shape index (κ1) is 14.9. The van der Waals surface area contributed by atoms with Crippen LogP contribution in [0.25, 0.3) is 0 Å². The highest BCUT2D eigenvalue weighted by atomic mass is 79.9. The smallest absolute Gasteiger partial charge is 0.254 e. The molecule has 0 aliphatic carbocycles. The van der Waals surface area contributed by atoms with Crippen molar-refractivity contribution >= 4 is 39.3 Å². The lowest BCUT2D eigenvalue weighted by Gasteiger charge is -2.14. The van der Waals surface area contributed by atoms with Crippen LogP contribution in [-0.2, 0) is 0 Å². The zero-order chi connectivity index (χ0) is 14.7. The maximum absolute atomic E-state index is 12.2. The number of carbonyl (C=O) groups excluding carboxylic acids is 1. The molecule has 0 aliphatic heterocycles. The molecule has 2 aromatic carbocycles. The Bertz CT molecular complexity index is 644. The molecule has 0 heterocycles. The Morgan fingerprint density at radius 2 is 1.95 bits per heavy atom. The summed E-state index contributed by atoms with van der Waals surface area (Å²) in [6.07, 6.45) is 0. The van der Waals surface area contributed by atoms with E-state index in [1.54, 1.807) is 31.1 Å². The molecule has 0 bridgehead atoms. The van der Waals surface area contributed by atoms with E-state index < -0.39 is 0 Å². The second-order valence-corrected chi connectivity index (χ2v) is 6.55. The van der Waals surface area contributed by atoms with Gasteiger partial charge in [0.05, 0.1) is 5.56 Å². The molecule has 2 aromatic rings. The van der Waals surface area contributed by atoms with E-state index in [0.29, 0.717) is 11.3 Å². The van der Waals surface area contributed by atoms with Crippen LogP contribution in [0.1, 0.15) is 10.4 Å². The molecule has 104 valence electrons. The lowest BCUT2D eigenvalue weighted by Crippen LogP contribution is -2.22. The van der Waals surface area contributed by atoms with E-state index in [0.717, 1.165) is 14.3 Å². The maximum atomic E-state index is 12.2. The van der Waals surface area contributed by atoms with Gasteiger partial charge in [0, 0.05) is 34.0 Å². The first-order valence-corrected chi connectivity index (χ1v) is 7.63. The van der Waals surface area contributed by atoms with Crippen LogP contribution >= 0.6 is 27.7 Å². The molecule has 0 radical (unpaired) electrons. The molecular weight excluding hydrogens is 336 g/mol. The van der Waals surface area contributed by atoms with Crippen LogP contribution in [0.2, 0.25) is 0 Å². The average Bonchev–Trinajstić information content (AvgIpc) is 2.38. The van der Waals surface area contributed by atoms with Gasteiger partial charge in [-0.25, -0.2) is 0 Å². The molecular formula is C15H15BrN2OS. The van der Waals surface area contributed by atoms with Gasteiger partial charge >= 0.3 is 0 Å². The highest BCUT2D eigenvalue weighted by molar-refractivity contribution is 9.10. The van der Waals surface area contributed by atoms with E-state index in [-0.39, 0.29) is 5.91 Å². The number of benzene rings is 2. The van der Waals surface area contributed by atoms with E-state index >= 15 is 0 Å². The van der Waals surface area contributed by atoms with Gasteiger partial charge in [0.1, 0.15) is 0 Å². The van der Waals surface area contributed by atoms with Crippen LogP contribution in [0.5, 0.6) is 0 Å². The van der Waals surface area contributed by atoms with Crippen LogP contribution in [0.4, 0.5) is 5.69 Å². The SMILES string of the molecule is CN(C)C(=O)c1ccc(N)cc1Sc1cccc(Br)c1. The summed E-state index contributed by atoms with van der Waals surface area (Å²) in [5.74, 6) is -0.0255. The number of carbonyl (C=O) groups is 1. The Kier molecular flexibility index (Phi) is 4.73. The summed E-state index contributed by atoms with van der Waals surface area (Å²) < 4.78 is 1.01. The predicted molar refractivity (Wildman–Crippen MR) is 87.1 cm³/mol. The van der Waals surface area contributed by atoms with Crippen LogP contribution in [-0.4, -0.2) is 24.9 Å². The molecule has 0 fully saturated rings. The van der Waals surface area contributed by atoms with E-state index in [1.165, 1.54) is 11.8 Å². The third kappa shape index (κ3) is 3.55. The third-order valence-electron chi connectivity index (χ3n) is 2.67. The van der Waals surface area contributed by atoms with Gasteiger partial charge in [0.15, 0.2) is 0 Å². The Labute approximate surface area is 131 Å². The topological polar surface area (TPSA) is 46.3 Å². The molecule has 0 atom stereocenters. The van der Waals surface area contributed by atoms with Gasteiger partial charge < -0.3 is 10.6 Å². The minimum absolute atomic E-state index is 0.0255. The van der Waals surface area contributed by atoms with E-state index in [9.17, 15) is 4.79 Å². The standard InChI is InChI=1S/C15H15BrN2OS/c1-18(2)15(19)13-7-6-11(17)9-14(13)20-12-5-3-4-10(16)8-12/h3-9H,17H2,1-2H3. The number of amides is 1. The minimum atomic E-state index is -0.0255. The van der Waals surface area contributed by atoms with Crippen molar-refractivity contribution in [2.24, 2.45) is 0 Å². The van der Waals surface area contributed by atoms with Gasteiger partial charge in [0.25, 0.3) is 5.91 Å². The number of nitrogens with two attached hydrogens (primary N) is 1. The Hall–Kier alpha value is -1.46. The number of nitrogen functional groups attached to an aromatic ring is 1. The molecule has 2 rings (SSSR count). The molecule has 0 unspecified atom stereocenters. The molecule has 0 saturated heterocycles. The minimum Gasteiger partial charge on any atom is -0.399 e. The summed E-state index contributed by atoms with van der Waals surface area (Å²) in [6.45, 7) is 0. The Balaban J connectivity index is 2.39. The number of rotatable bonds is 3. The maximum Gasteiger partial charge on any atom is 0.254 e. The fourth-order valence-corrected chi connectivity index (χ4v) is 3.30. The Morgan fingerprint density at radius 3 is 2.60 bits per heavy atom. The lowest BCUT2D eigenvalue weighted by molar-refractivity contribution is 0.0824. The summed E-state index contributed by atoms with van der Waals surface area (Å²) in [6, 6.07) is 13.3. The molecule has 0 spiro atoms. The van der Waals surface area contributed by atoms with Crippen molar-refractivity contribution in [3.63, 3.8) is 0 Å². The van der Waals surface area contributed by atoms with Crippen molar-refractivity contribution in [1.29, 1.82) is 0 Å². The van der Waals surface area contributed by atoms with Crippen molar-refractivity contribution in [2.75, 3.05) is 19.8 Å². The van der Waals surface area contributed by atoms with Crippen molar-refractivity contribution in [3.05, 3.63) is 52.5 Å². The number of halogens is 1. The summed E-state index contributed by atoms with van der Waals surface area (Å²) in [5, 5.41) is 0. The van der Waals surface area contributed by atoms with E-state index in [1.807, 2.05) is 30.3 Å². The van der Waals surface area contributed by atoms with Crippen LogP contribution in [0.15, 0.2) is 56.7 Å². The number of anilines is 1. The van der Waals surface area contributed by atoms with E-state index in [4.69, 9.17) is 5.73 Å². The van der Waals surface area contributed by atoms with Crippen LogP contribution in [0, 0.1) is 0 Å². The molecule has 1 amide bonds. The Morgan fingerprint density at radius 1 is 1.20 bits per heavy atom. The fraction of sp³-hybridized carbons (Fsp3) is 0.133. The number of hydrogen-bond acceptors (Lipinski definition) is 3. The van der Waals surface area contributed by atoms with Crippen LogP contribution in [0.3, 0.4) is 0 Å². The molecule has 20 heavy (non-hydrogen) atoms. The van der Waals surface area contributed by atoms with Gasteiger partial charge in [-0.15, -0.1) is 0 Å². The molecule has 2 N–H and O–H groups in total.